The molecule has 0 radical (unpaired) electrons. The number of hydrogen-bond donors (Lipinski definition) is 4. The minimum Gasteiger partial charge on any atom is -0.395 e. The van der Waals surface area contributed by atoms with Crippen LogP contribution in [0.25, 0.3) is 0 Å². The summed E-state index contributed by atoms with van der Waals surface area (Å²) in [6.45, 7) is 0.263. The molecule has 0 saturated carbocycles. The summed E-state index contributed by atoms with van der Waals surface area (Å²) in [4.78, 5) is 11.7. The predicted octanol–water partition coefficient (Wildman–Crippen LogP) is -0.710. The van der Waals surface area contributed by atoms with Crippen molar-refractivity contribution in [2.75, 3.05) is 13.2 Å². The SMILES string of the molecule is NC(=O)c1csc(CNC(CO)CO)c1. The van der Waals surface area contributed by atoms with E-state index in [1.165, 1.54) is 11.3 Å². The Morgan fingerprint density at radius 1 is 1.53 bits per heavy atom. The van der Waals surface area contributed by atoms with Gasteiger partial charge in [-0.15, -0.1) is 11.3 Å². The molecule has 0 spiro atoms. The lowest BCUT2D eigenvalue weighted by Crippen LogP contribution is -2.34. The molecule has 0 aliphatic heterocycles. The van der Waals surface area contributed by atoms with E-state index >= 15 is 0 Å². The number of nitrogens with one attached hydrogen (secondary N) is 1. The number of carbonyl (C=O) groups excluding carboxylic acids is 1. The van der Waals surface area contributed by atoms with Crippen molar-refractivity contribution >= 4 is 17.2 Å². The zero-order valence-electron chi connectivity index (χ0n) is 8.14. The van der Waals surface area contributed by atoms with Crippen LogP contribution >= 0.6 is 11.3 Å². The van der Waals surface area contributed by atoms with Gasteiger partial charge in [-0.1, -0.05) is 0 Å². The molecule has 0 aliphatic rings. The van der Waals surface area contributed by atoms with Gasteiger partial charge in [-0.3, -0.25) is 4.79 Å². The number of hydrogen-bond acceptors (Lipinski definition) is 5. The fourth-order valence-corrected chi connectivity index (χ4v) is 1.86. The molecule has 15 heavy (non-hydrogen) atoms. The van der Waals surface area contributed by atoms with Crippen LogP contribution in [0.1, 0.15) is 15.2 Å². The lowest BCUT2D eigenvalue weighted by molar-refractivity contribution is 0.100. The van der Waals surface area contributed by atoms with Crippen LogP contribution < -0.4 is 11.1 Å². The molecule has 1 aromatic rings. The molecule has 1 amide bonds. The number of nitrogens with two attached hydrogens (primary N) is 1. The molecule has 0 atom stereocenters. The molecule has 84 valence electrons. The van der Waals surface area contributed by atoms with E-state index in [0.29, 0.717) is 12.1 Å². The van der Waals surface area contributed by atoms with Crippen LogP contribution in [0.5, 0.6) is 0 Å². The lowest BCUT2D eigenvalue weighted by Gasteiger charge is -2.11. The molecule has 5 nitrogen and oxygen atoms in total. The van der Waals surface area contributed by atoms with Crippen LogP contribution in [0.4, 0.5) is 0 Å². The second kappa shape index (κ2) is 5.82. The van der Waals surface area contributed by atoms with Gasteiger partial charge in [0.1, 0.15) is 0 Å². The maximum absolute atomic E-state index is 10.8. The topological polar surface area (TPSA) is 95.6 Å². The summed E-state index contributed by atoms with van der Waals surface area (Å²) >= 11 is 1.41. The fourth-order valence-electron chi connectivity index (χ4n) is 1.03. The standard InChI is InChI=1S/C9H14N2O3S/c10-9(14)6-1-8(15-5-6)2-11-7(3-12)4-13/h1,5,7,11-13H,2-4H2,(H2,10,14). The third-order valence-corrected chi connectivity index (χ3v) is 2.88. The maximum Gasteiger partial charge on any atom is 0.249 e. The van der Waals surface area contributed by atoms with E-state index in [2.05, 4.69) is 5.32 Å². The molecule has 0 bridgehead atoms. The van der Waals surface area contributed by atoms with E-state index in [1.807, 2.05) is 0 Å². The van der Waals surface area contributed by atoms with Crippen LogP contribution in [-0.4, -0.2) is 35.4 Å². The smallest absolute Gasteiger partial charge is 0.249 e. The van der Waals surface area contributed by atoms with Crippen molar-refractivity contribution in [3.8, 4) is 0 Å². The fraction of sp³-hybridized carbons (Fsp3) is 0.444. The Labute approximate surface area is 91.5 Å². The first-order valence-electron chi connectivity index (χ1n) is 4.49. The molecule has 1 heterocycles. The van der Waals surface area contributed by atoms with Gasteiger partial charge in [0.25, 0.3) is 0 Å². The average Bonchev–Trinajstić information content (AvgIpc) is 2.68. The van der Waals surface area contributed by atoms with E-state index in [-0.39, 0.29) is 19.3 Å². The van der Waals surface area contributed by atoms with Crippen molar-refractivity contribution in [3.63, 3.8) is 0 Å². The Kier molecular flexibility index (Phi) is 4.70. The van der Waals surface area contributed by atoms with Gasteiger partial charge in [0.15, 0.2) is 0 Å². The van der Waals surface area contributed by atoms with Crippen LogP contribution in [0, 0.1) is 0 Å². The minimum absolute atomic E-state index is 0.120. The van der Waals surface area contributed by atoms with Crippen molar-refractivity contribution in [1.29, 1.82) is 0 Å². The Bertz CT molecular complexity index is 323. The predicted molar refractivity (Wildman–Crippen MR) is 57.6 cm³/mol. The molecule has 6 heteroatoms. The quantitative estimate of drug-likeness (QED) is 0.519. The normalized spacial score (nSPS) is 10.9. The molecule has 0 saturated heterocycles. The monoisotopic (exact) mass is 230 g/mol. The summed E-state index contributed by atoms with van der Waals surface area (Å²) in [7, 11) is 0. The maximum atomic E-state index is 10.8. The summed E-state index contributed by atoms with van der Waals surface area (Å²) < 4.78 is 0. The largest absolute Gasteiger partial charge is 0.395 e. The van der Waals surface area contributed by atoms with Gasteiger partial charge in [-0.05, 0) is 6.07 Å². The molecule has 0 aliphatic carbocycles. The first kappa shape index (κ1) is 12.1. The second-order valence-electron chi connectivity index (χ2n) is 3.11. The van der Waals surface area contributed by atoms with E-state index < -0.39 is 5.91 Å². The molecule has 1 rings (SSSR count). The van der Waals surface area contributed by atoms with Crippen LogP contribution in [0.2, 0.25) is 0 Å². The Hall–Kier alpha value is -0.950. The molecule has 1 aromatic heterocycles. The zero-order valence-corrected chi connectivity index (χ0v) is 8.96. The van der Waals surface area contributed by atoms with Gasteiger partial charge < -0.3 is 21.3 Å². The zero-order chi connectivity index (χ0) is 11.3. The first-order valence-corrected chi connectivity index (χ1v) is 5.37. The molecular weight excluding hydrogens is 216 g/mol. The third-order valence-electron chi connectivity index (χ3n) is 1.94. The number of amides is 1. The van der Waals surface area contributed by atoms with E-state index in [0.717, 1.165) is 4.88 Å². The van der Waals surface area contributed by atoms with Crippen molar-refractivity contribution in [2.45, 2.75) is 12.6 Å². The van der Waals surface area contributed by atoms with Gasteiger partial charge in [0.05, 0.1) is 24.8 Å². The number of aliphatic hydroxyl groups is 2. The summed E-state index contributed by atoms with van der Waals surface area (Å²) in [6, 6.07) is 1.37. The van der Waals surface area contributed by atoms with E-state index in [1.54, 1.807) is 11.4 Å². The van der Waals surface area contributed by atoms with Crippen LogP contribution in [-0.2, 0) is 6.54 Å². The number of carbonyl (C=O) groups is 1. The van der Waals surface area contributed by atoms with Crippen molar-refractivity contribution in [2.24, 2.45) is 5.73 Å². The molecule has 0 aromatic carbocycles. The molecule has 0 fully saturated rings. The summed E-state index contributed by atoms with van der Waals surface area (Å²) in [5.74, 6) is -0.446. The molecular formula is C9H14N2O3S. The molecule has 5 N–H and O–H groups in total. The lowest BCUT2D eigenvalue weighted by atomic mass is 10.3. The van der Waals surface area contributed by atoms with Gasteiger partial charge in [-0.25, -0.2) is 0 Å². The highest BCUT2D eigenvalue weighted by Gasteiger charge is 2.07. The number of aliphatic hydroxyl groups excluding tert-OH is 2. The number of primary amides is 1. The highest BCUT2D eigenvalue weighted by molar-refractivity contribution is 7.10. The Morgan fingerprint density at radius 2 is 2.20 bits per heavy atom. The Balaban J connectivity index is 2.47. The van der Waals surface area contributed by atoms with Gasteiger partial charge in [0.2, 0.25) is 5.91 Å². The van der Waals surface area contributed by atoms with E-state index in [4.69, 9.17) is 15.9 Å². The van der Waals surface area contributed by atoms with E-state index in [9.17, 15) is 4.79 Å². The van der Waals surface area contributed by atoms with Crippen LogP contribution in [0.3, 0.4) is 0 Å². The van der Waals surface area contributed by atoms with Crippen molar-refractivity contribution in [1.82, 2.24) is 5.32 Å². The number of rotatable bonds is 6. The second-order valence-corrected chi connectivity index (χ2v) is 4.10. The molecule has 0 unspecified atom stereocenters. The first-order chi connectivity index (χ1) is 7.17. The summed E-state index contributed by atoms with van der Waals surface area (Å²) in [5, 5.41) is 22.2. The summed E-state index contributed by atoms with van der Waals surface area (Å²) in [5.41, 5.74) is 5.59. The summed E-state index contributed by atoms with van der Waals surface area (Å²) in [6.07, 6.45) is 0. The third kappa shape index (κ3) is 3.60. The highest BCUT2D eigenvalue weighted by Crippen LogP contribution is 2.13. The van der Waals surface area contributed by atoms with Gasteiger partial charge in [-0.2, -0.15) is 0 Å². The van der Waals surface area contributed by atoms with Crippen LogP contribution in [0.15, 0.2) is 11.4 Å². The number of thiophene rings is 1. The van der Waals surface area contributed by atoms with Gasteiger partial charge >= 0.3 is 0 Å². The van der Waals surface area contributed by atoms with Crippen molar-refractivity contribution in [3.05, 3.63) is 21.9 Å². The van der Waals surface area contributed by atoms with Gasteiger partial charge in [0, 0.05) is 16.8 Å². The van der Waals surface area contributed by atoms with Crippen molar-refractivity contribution < 1.29 is 15.0 Å². The minimum atomic E-state index is -0.446. The average molecular weight is 230 g/mol. The highest BCUT2D eigenvalue weighted by atomic mass is 32.1. The Morgan fingerprint density at radius 3 is 2.67 bits per heavy atom.